The van der Waals surface area contributed by atoms with Gasteiger partial charge in [0.25, 0.3) is 0 Å². The molecule has 140 valence electrons. The zero-order valence-electron chi connectivity index (χ0n) is 15.1. The van der Waals surface area contributed by atoms with Crippen LogP contribution in [0.25, 0.3) is 0 Å². The number of nitrogens with zero attached hydrogens (tertiary/aromatic N) is 1. The summed E-state index contributed by atoms with van der Waals surface area (Å²) in [5.74, 6) is -1.63. The van der Waals surface area contributed by atoms with Crippen LogP contribution < -0.4 is 10.2 Å². The molecule has 0 aromatic heterocycles. The molecule has 1 fully saturated rings. The maximum absolute atomic E-state index is 14.3. The lowest BCUT2D eigenvalue weighted by Crippen LogP contribution is -2.36. The number of rotatable bonds is 8. The van der Waals surface area contributed by atoms with Gasteiger partial charge < -0.3 is 15.0 Å². The van der Waals surface area contributed by atoms with E-state index in [1.165, 1.54) is 12.1 Å². The van der Waals surface area contributed by atoms with Crippen LogP contribution in [0.5, 0.6) is 0 Å². The van der Waals surface area contributed by atoms with Crippen molar-refractivity contribution in [3.63, 3.8) is 0 Å². The summed E-state index contributed by atoms with van der Waals surface area (Å²) in [5.41, 5.74) is 0.118. The molecule has 1 atom stereocenters. The lowest BCUT2D eigenvalue weighted by atomic mass is 9.99. The molecule has 0 aliphatic carbocycles. The third kappa shape index (κ3) is 5.96. The van der Waals surface area contributed by atoms with Gasteiger partial charge >= 0.3 is 0 Å². The molecule has 1 aliphatic heterocycles. The largest absolute Gasteiger partial charge is 0.378 e. The van der Waals surface area contributed by atoms with Gasteiger partial charge in [0, 0.05) is 25.2 Å². The second-order valence-electron chi connectivity index (χ2n) is 6.74. The van der Waals surface area contributed by atoms with E-state index in [4.69, 9.17) is 4.74 Å². The van der Waals surface area contributed by atoms with Crippen LogP contribution in [0.3, 0.4) is 0 Å². The first-order valence-electron chi connectivity index (χ1n) is 9.12. The topological polar surface area (TPSA) is 41.6 Å². The molecule has 1 aromatic carbocycles. The molecule has 25 heavy (non-hydrogen) atoms. The van der Waals surface area contributed by atoms with Crippen molar-refractivity contribution in [2.75, 3.05) is 36.5 Å². The number of morpholine rings is 1. The highest BCUT2D eigenvalue weighted by Gasteiger charge is 2.19. The van der Waals surface area contributed by atoms with Crippen LogP contribution in [-0.4, -0.2) is 32.2 Å². The van der Waals surface area contributed by atoms with Crippen LogP contribution in [0.15, 0.2) is 12.1 Å². The van der Waals surface area contributed by atoms with Gasteiger partial charge in [0.15, 0.2) is 11.6 Å². The average molecular weight is 354 g/mol. The quantitative estimate of drug-likeness (QED) is 0.706. The summed E-state index contributed by atoms with van der Waals surface area (Å²) in [6, 6.07) is 2.55. The molecule has 2 rings (SSSR count). The fourth-order valence-electron chi connectivity index (χ4n) is 3.04. The van der Waals surface area contributed by atoms with Crippen molar-refractivity contribution in [1.29, 1.82) is 0 Å². The highest BCUT2D eigenvalue weighted by Crippen LogP contribution is 2.27. The Morgan fingerprint density at radius 2 is 1.88 bits per heavy atom. The van der Waals surface area contributed by atoms with Gasteiger partial charge in [0.2, 0.25) is 5.91 Å². The molecule has 1 aromatic rings. The number of carbonyl (C=O) groups excluding carboxylic acids is 1. The number of carbonyl (C=O) groups is 1. The number of hydrogen-bond acceptors (Lipinski definition) is 3. The number of benzene rings is 1. The highest BCUT2D eigenvalue weighted by atomic mass is 19.1. The fraction of sp³-hybridized carbons (Fsp3) is 0.632. The van der Waals surface area contributed by atoms with E-state index in [0.717, 1.165) is 25.7 Å². The third-order valence-electron chi connectivity index (χ3n) is 4.50. The SMILES string of the molecule is CCCCCC(C)CC(=O)Nc1c(F)cc(N2CCOCC2)cc1F. The van der Waals surface area contributed by atoms with Gasteiger partial charge in [-0.3, -0.25) is 4.79 Å². The summed E-state index contributed by atoms with van der Waals surface area (Å²) in [7, 11) is 0. The van der Waals surface area contributed by atoms with Crippen LogP contribution >= 0.6 is 0 Å². The number of hydrogen-bond donors (Lipinski definition) is 1. The first kappa shape index (κ1) is 19.6. The predicted molar refractivity (Wildman–Crippen MR) is 95.9 cm³/mol. The van der Waals surface area contributed by atoms with Crippen LogP contribution in [0.4, 0.5) is 20.2 Å². The molecule has 1 saturated heterocycles. The number of amides is 1. The van der Waals surface area contributed by atoms with Crippen LogP contribution in [0.2, 0.25) is 0 Å². The Morgan fingerprint density at radius 3 is 2.48 bits per heavy atom. The van der Waals surface area contributed by atoms with Gasteiger partial charge in [0.05, 0.1) is 13.2 Å². The monoisotopic (exact) mass is 354 g/mol. The lowest BCUT2D eigenvalue weighted by Gasteiger charge is -2.29. The van der Waals surface area contributed by atoms with Gasteiger partial charge in [-0.05, 0) is 18.1 Å². The Bertz CT molecular complexity index is 552. The minimum absolute atomic E-state index is 0.199. The molecule has 6 heteroatoms. The highest BCUT2D eigenvalue weighted by molar-refractivity contribution is 5.91. The number of halogens is 2. The molecule has 1 N–H and O–H groups in total. The van der Waals surface area contributed by atoms with Crippen molar-refractivity contribution in [2.45, 2.75) is 46.0 Å². The molecule has 1 unspecified atom stereocenters. The summed E-state index contributed by atoms with van der Waals surface area (Å²) in [6.45, 7) is 6.39. The first-order chi connectivity index (χ1) is 12.0. The summed E-state index contributed by atoms with van der Waals surface area (Å²) < 4.78 is 33.8. The first-order valence-corrected chi connectivity index (χ1v) is 9.12. The van der Waals surface area contributed by atoms with Crippen LogP contribution in [0.1, 0.15) is 46.0 Å². The van der Waals surface area contributed by atoms with Crippen LogP contribution in [0, 0.1) is 17.6 Å². The fourth-order valence-corrected chi connectivity index (χ4v) is 3.04. The van der Waals surface area contributed by atoms with Crippen molar-refractivity contribution < 1.29 is 18.3 Å². The van der Waals surface area contributed by atoms with Gasteiger partial charge in [-0.15, -0.1) is 0 Å². The number of nitrogens with one attached hydrogen (secondary N) is 1. The van der Waals surface area contributed by atoms with E-state index in [-0.39, 0.29) is 23.9 Å². The maximum Gasteiger partial charge on any atom is 0.224 e. The molecular formula is C19H28F2N2O2. The Morgan fingerprint density at radius 1 is 1.24 bits per heavy atom. The van der Waals surface area contributed by atoms with Crippen molar-refractivity contribution in [3.05, 3.63) is 23.8 Å². The molecule has 0 bridgehead atoms. The number of unbranched alkanes of at least 4 members (excludes halogenated alkanes) is 2. The number of ether oxygens (including phenoxy) is 1. The van der Waals surface area contributed by atoms with E-state index in [1.807, 2.05) is 11.8 Å². The minimum atomic E-state index is -0.742. The smallest absolute Gasteiger partial charge is 0.224 e. The Labute approximate surface area is 148 Å². The molecule has 0 radical (unpaired) electrons. The van der Waals surface area contributed by atoms with Crippen LogP contribution in [-0.2, 0) is 9.53 Å². The molecule has 1 aliphatic rings. The Kier molecular flexibility index (Phi) is 7.62. The summed E-state index contributed by atoms with van der Waals surface area (Å²) in [5, 5.41) is 2.40. The van der Waals surface area contributed by atoms with Crippen molar-refractivity contribution in [1.82, 2.24) is 0 Å². The molecule has 0 saturated carbocycles. The van der Waals surface area contributed by atoms with Crippen molar-refractivity contribution in [2.24, 2.45) is 5.92 Å². The number of anilines is 2. The van der Waals surface area contributed by atoms with Crippen molar-refractivity contribution >= 4 is 17.3 Å². The summed E-state index contributed by atoms with van der Waals surface area (Å²) in [4.78, 5) is 13.9. The predicted octanol–water partition coefficient (Wildman–Crippen LogP) is 4.35. The summed E-state index contributed by atoms with van der Waals surface area (Å²) in [6.07, 6.45) is 4.56. The second-order valence-corrected chi connectivity index (χ2v) is 6.74. The molecule has 4 nitrogen and oxygen atoms in total. The van der Waals surface area contributed by atoms with E-state index in [9.17, 15) is 13.6 Å². The Hall–Kier alpha value is -1.69. The zero-order valence-corrected chi connectivity index (χ0v) is 15.1. The molecule has 1 heterocycles. The molecular weight excluding hydrogens is 326 g/mol. The maximum atomic E-state index is 14.3. The zero-order chi connectivity index (χ0) is 18.2. The summed E-state index contributed by atoms with van der Waals surface area (Å²) >= 11 is 0. The lowest BCUT2D eigenvalue weighted by molar-refractivity contribution is -0.117. The van der Waals surface area contributed by atoms with Gasteiger partial charge in [-0.2, -0.15) is 0 Å². The minimum Gasteiger partial charge on any atom is -0.378 e. The molecule has 1 amide bonds. The van der Waals surface area contributed by atoms with E-state index >= 15 is 0 Å². The Balaban J connectivity index is 1.96. The van der Waals surface area contributed by atoms with E-state index < -0.39 is 11.6 Å². The van der Waals surface area contributed by atoms with Gasteiger partial charge in [-0.25, -0.2) is 8.78 Å². The average Bonchev–Trinajstić information content (AvgIpc) is 2.59. The third-order valence-corrected chi connectivity index (χ3v) is 4.50. The van der Waals surface area contributed by atoms with E-state index in [0.29, 0.717) is 32.0 Å². The second kappa shape index (κ2) is 9.70. The van der Waals surface area contributed by atoms with Gasteiger partial charge in [0.1, 0.15) is 5.69 Å². The van der Waals surface area contributed by atoms with E-state index in [2.05, 4.69) is 12.2 Å². The van der Waals surface area contributed by atoms with Gasteiger partial charge in [-0.1, -0.05) is 39.5 Å². The normalized spacial score (nSPS) is 15.9. The van der Waals surface area contributed by atoms with E-state index in [1.54, 1.807) is 0 Å². The van der Waals surface area contributed by atoms with Crippen molar-refractivity contribution in [3.8, 4) is 0 Å². The standard InChI is InChI=1S/C19H28F2N2O2/c1-3-4-5-6-14(2)11-18(24)22-19-16(20)12-15(13-17(19)21)23-7-9-25-10-8-23/h12-14H,3-11H2,1-2H3,(H,22,24). The molecule has 0 spiro atoms.